The molecule has 0 radical (unpaired) electrons. The van der Waals surface area contributed by atoms with Crippen molar-refractivity contribution in [1.29, 1.82) is 0 Å². The topological polar surface area (TPSA) is 108 Å². The number of benzene rings is 1. The molecule has 4 aromatic rings. The Bertz CT molecular complexity index is 1140. The molecule has 146 valence electrons. The minimum atomic E-state index is -0.314. The number of aryl methyl sites for hydroxylation is 1. The first-order chi connectivity index (χ1) is 14.1. The smallest absolute Gasteiger partial charge is 0.262 e. The van der Waals surface area contributed by atoms with Gasteiger partial charge >= 0.3 is 0 Å². The van der Waals surface area contributed by atoms with Gasteiger partial charge in [0.15, 0.2) is 0 Å². The number of carbonyl (C=O) groups excluding carboxylic acids is 1. The summed E-state index contributed by atoms with van der Waals surface area (Å²) in [5.74, 6) is 0.883. The first-order valence-corrected chi connectivity index (χ1v) is 8.84. The summed E-state index contributed by atoms with van der Waals surface area (Å²) >= 11 is 0. The molecule has 0 fully saturated rings. The predicted molar refractivity (Wildman–Crippen MR) is 104 cm³/mol. The predicted octanol–water partition coefficient (Wildman–Crippen LogP) is 2.72. The number of methoxy groups -OCH3 is 1. The Morgan fingerprint density at radius 1 is 1.21 bits per heavy atom. The zero-order chi connectivity index (χ0) is 20.2. The third-order valence-corrected chi connectivity index (χ3v) is 4.25. The summed E-state index contributed by atoms with van der Waals surface area (Å²) in [5.41, 5.74) is 2.66. The maximum atomic E-state index is 12.7. The Morgan fingerprint density at radius 3 is 2.79 bits per heavy atom. The zero-order valence-corrected chi connectivity index (χ0v) is 15.9. The molecule has 0 bridgehead atoms. The SMILES string of the molecule is COc1nn(C)cc1C(=O)Nc1ccccc1Cc1nc(-c2ccncc2)no1. The molecule has 0 spiro atoms. The summed E-state index contributed by atoms with van der Waals surface area (Å²) in [4.78, 5) is 21.1. The average Bonchev–Trinajstić information content (AvgIpc) is 3.36. The Hall–Kier alpha value is -4.01. The summed E-state index contributed by atoms with van der Waals surface area (Å²) in [6, 6.07) is 11.1. The molecule has 9 heteroatoms. The summed E-state index contributed by atoms with van der Waals surface area (Å²) in [6.07, 6.45) is 5.32. The van der Waals surface area contributed by atoms with Gasteiger partial charge in [-0.05, 0) is 23.8 Å². The van der Waals surface area contributed by atoms with Crippen molar-refractivity contribution >= 4 is 11.6 Å². The van der Waals surface area contributed by atoms with Crippen LogP contribution >= 0.6 is 0 Å². The van der Waals surface area contributed by atoms with Crippen molar-refractivity contribution in [1.82, 2.24) is 24.9 Å². The van der Waals surface area contributed by atoms with Crippen LogP contribution in [0, 0.1) is 0 Å². The van der Waals surface area contributed by atoms with Crippen molar-refractivity contribution in [2.24, 2.45) is 7.05 Å². The number of nitrogens with zero attached hydrogens (tertiary/aromatic N) is 5. The third-order valence-electron chi connectivity index (χ3n) is 4.25. The van der Waals surface area contributed by atoms with Crippen molar-refractivity contribution in [3.8, 4) is 17.3 Å². The van der Waals surface area contributed by atoms with E-state index < -0.39 is 0 Å². The van der Waals surface area contributed by atoms with Crippen LogP contribution in [0.4, 0.5) is 5.69 Å². The number of hydrogen-bond donors (Lipinski definition) is 1. The van der Waals surface area contributed by atoms with E-state index in [0.717, 1.165) is 11.1 Å². The van der Waals surface area contributed by atoms with Gasteiger partial charge in [0.2, 0.25) is 17.6 Å². The second-order valence-corrected chi connectivity index (χ2v) is 6.26. The summed E-state index contributed by atoms with van der Waals surface area (Å²) in [6.45, 7) is 0. The number of para-hydroxylation sites is 1. The first kappa shape index (κ1) is 18.4. The molecule has 1 amide bonds. The molecule has 1 N–H and O–H groups in total. The van der Waals surface area contributed by atoms with Gasteiger partial charge in [-0.3, -0.25) is 14.5 Å². The molecule has 0 unspecified atom stereocenters. The normalized spacial score (nSPS) is 10.7. The number of hydrogen-bond acceptors (Lipinski definition) is 7. The van der Waals surface area contributed by atoms with Gasteiger partial charge in [-0.15, -0.1) is 5.10 Å². The van der Waals surface area contributed by atoms with Gasteiger partial charge in [0.1, 0.15) is 5.56 Å². The maximum absolute atomic E-state index is 12.7. The number of anilines is 1. The van der Waals surface area contributed by atoms with Gasteiger partial charge in [-0.25, -0.2) is 0 Å². The molecule has 0 saturated heterocycles. The molecule has 3 heterocycles. The molecular formula is C20H18N6O3. The Kier molecular flexibility index (Phi) is 5.02. The van der Waals surface area contributed by atoms with Crippen molar-refractivity contribution in [2.75, 3.05) is 12.4 Å². The fourth-order valence-corrected chi connectivity index (χ4v) is 2.87. The van der Waals surface area contributed by atoms with Gasteiger partial charge < -0.3 is 14.6 Å². The number of amides is 1. The van der Waals surface area contributed by atoms with E-state index in [1.165, 1.54) is 11.8 Å². The van der Waals surface area contributed by atoms with Crippen LogP contribution in [0.15, 0.2) is 59.5 Å². The fourth-order valence-electron chi connectivity index (χ4n) is 2.87. The van der Waals surface area contributed by atoms with Crippen LogP contribution < -0.4 is 10.1 Å². The van der Waals surface area contributed by atoms with Gasteiger partial charge in [-0.1, -0.05) is 23.4 Å². The number of pyridine rings is 1. The van der Waals surface area contributed by atoms with Gasteiger partial charge in [0, 0.05) is 36.9 Å². The molecular weight excluding hydrogens is 372 g/mol. The van der Waals surface area contributed by atoms with Crippen LogP contribution in [0.1, 0.15) is 21.8 Å². The maximum Gasteiger partial charge on any atom is 0.262 e. The quantitative estimate of drug-likeness (QED) is 0.539. The van der Waals surface area contributed by atoms with Crippen molar-refractivity contribution in [2.45, 2.75) is 6.42 Å². The lowest BCUT2D eigenvalue weighted by Gasteiger charge is -2.09. The molecule has 0 aliphatic heterocycles. The highest BCUT2D eigenvalue weighted by atomic mass is 16.5. The van der Waals surface area contributed by atoms with Gasteiger partial charge in [-0.2, -0.15) is 4.98 Å². The lowest BCUT2D eigenvalue weighted by molar-refractivity contribution is 0.102. The van der Waals surface area contributed by atoms with E-state index in [1.807, 2.05) is 36.4 Å². The van der Waals surface area contributed by atoms with Crippen LogP contribution in [0.3, 0.4) is 0 Å². The van der Waals surface area contributed by atoms with E-state index in [1.54, 1.807) is 25.6 Å². The zero-order valence-electron chi connectivity index (χ0n) is 15.9. The molecule has 3 aromatic heterocycles. The molecule has 1 aromatic carbocycles. The highest BCUT2D eigenvalue weighted by molar-refractivity contribution is 6.06. The van der Waals surface area contributed by atoms with E-state index in [-0.39, 0.29) is 11.8 Å². The fraction of sp³-hybridized carbons (Fsp3) is 0.150. The van der Waals surface area contributed by atoms with Gasteiger partial charge in [0.05, 0.1) is 13.5 Å². The highest BCUT2D eigenvalue weighted by Gasteiger charge is 2.18. The largest absolute Gasteiger partial charge is 0.479 e. The van der Waals surface area contributed by atoms with Crippen molar-refractivity contribution in [3.63, 3.8) is 0 Å². The minimum absolute atomic E-state index is 0.265. The number of nitrogens with one attached hydrogen (secondary N) is 1. The van der Waals surface area contributed by atoms with Crippen molar-refractivity contribution in [3.05, 3.63) is 72.0 Å². The van der Waals surface area contributed by atoms with Crippen LogP contribution in [0.25, 0.3) is 11.4 Å². The monoisotopic (exact) mass is 390 g/mol. The second-order valence-electron chi connectivity index (χ2n) is 6.26. The average molecular weight is 390 g/mol. The second kappa shape index (κ2) is 7.93. The van der Waals surface area contributed by atoms with E-state index in [0.29, 0.717) is 29.4 Å². The van der Waals surface area contributed by atoms with Crippen LogP contribution in [0.2, 0.25) is 0 Å². The Morgan fingerprint density at radius 2 is 2.00 bits per heavy atom. The molecule has 0 aliphatic rings. The number of ether oxygens (including phenoxy) is 1. The highest BCUT2D eigenvalue weighted by Crippen LogP contribution is 2.23. The molecule has 29 heavy (non-hydrogen) atoms. The summed E-state index contributed by atoms with van der Waals surface area (Å²) < 4.78 is 12.1. The Balaban J connectivity index is 1.55. The Labute approximate surface area is 166 Å². The molecule has 4 rings (SSSR count). The lowest BCUT2D eigenvalue weighted by atomic mass is 10.1. The third kappa shape index (κ3) is 3.98. The van der Waals surface area contributed by atoms with E-state index in [9.17, 15) is 4.79 Å². The molecule has 0 atom stereocenters. The van der Waals surface area contributed by atoms with E-state index in [2.05, 4.69) is 25.5 Å². The van der Waals surface area contributed by atoms with E-state index >= 15 is 0 Å². The standard InChI is InChI=1S/C20H18N6O3/c1-26-12-15(20(24-26)28-2)19(27)22-16-6-4-3-5-14(16)11-17-23-18(25-29-17)13-7-9-21-10-8-13/h3-10,12H,11H2,1-2H3,(H,22,27). The molecule has 9 nitrogen and oxygen atoms in total. The van der Waals surface area contributed by atoms with Crippen LogP contribution in [-0.4, -0.2) is 37.9 Å². The number of carbonyl (C=O) groups is 1. The lowest BCUT2D eigenvalue weighted by Crippen LogP contribution is -2.13. The number of aromatic nitrogens is 5. The summed E-state index contributed by atoms with van der Waals surface area (Å²) in [5, 5.41) is 11.0. The van der Waals surface area contributed by atoms with E-state index in [4.69, 9.17) is 9.26 Å². The van der Waals surface area contributed by atoms with Crippen LogP contribution in [0.5, 0.6) is 5.88 Å². The number of rotatable bonds is 6. The van der Waals surface area contributed by atoms with Crippen molar-refractivity contribution < 1.29 is 14.1 Å². The van der Waals surface area contributed by atoms with Crippen LogP contribution in [-0.2, 0) is 13.5 Å². The molecule has 0 saturated carbocycles. The first-order valence-electron chi connectivity index (χ1n) is 8.84. The van der Waals surface area contributed by atoms with Gasteiger partial charge in [0.25, 0.3) is 5.91 Å². The molecule has 0 aliphatic carbocycles. The minimum Gasteiger partial charge on any atom is -0.479 e. The summed E-state index contributed by atoms with van der Waals surface area (Å²) in [7, 11) is 3.20.